The van der Waals surface area contributed by atoms with Crippen LogP contribution in [0.15, 0.2) is 0 Å². The van der Waals surface area contributed by atoms with E-state index in [0.717, 1.165) is 6.04 Å². The number of hydrogen-bond acceptors (Lipinski definition) is 2. The van der Waals surface area contributed by atoms with Gasteiger partial charge in [0.2, 0.25) is 0 Å². The van der Waals surface area contributed by atoms with Gasteiger partial charge in [-0.1, -0.05) is 0 Å². The van der Waals surface area contributed by atoms with Crippen LogP contribution in [0.4, 0.5) is 0 Å². The Morgan fingerprint density at radius 1 is 1.00 bits per heavy atom. The first-order chi connectivity index (χ1) is 7.07. The molecular weight excluding hydrogens is 184 g/mol. The Morgan fingerprint density at radius 2 is 1.67 bits per heavy atom. The Hall–Kier alpha value is -0.0800. The zero-order chi connectivity index (χ0) is 10.9. The van der Waals surface area contributed by atoms with Crippen LogP contribution in [0.1, 0.15) is 46.5 Å². The van der Waals surface area contributed by atoms with Crippen molar-refractivity contribution in [3.63, 3.8) is 0 Å². The third kappa shape index (κ3) is 2.73. The van der Waals surface area contributed by atoms with Crippen LogP contribution in [0.5, 0.6) is 0 Å². The highest BCUT2D eigenvalue weighted by Crippen LogP contribution is 2.27. The van der Waals surface area contributed by atoms with Crippen molar-refractivity contribution in [3.05, 3.63) is 0 Å². The SMILES string of the molecule is CC(C)(C)N1CCCC1CN1CCCC1. The summed E-state index contributed by atoms with van der Waals surface area (Å²) in [6.45, 7) is 12.4. The Morgan fingerprint density at radius 3 is 2.27 bits per heavy atom. The second kappa shape index (κ2) is 4.42. The molecule has 0 aromatic heterocycles. The first-order valence-electron chi connectivity index (χ1n) is 6.56. The summed E-state index contributed by atoms with van der Waals surface area (Å²) in [6.07, 6.45) is 5.65. The molecule has 0 aliphatic carbocycles. The van der Waals surface area contributed by atoms with Gasteiger partial charge in [0, 0.05) is 18.1 Å². The van der Waals surface area contributed by atoms with Crippen LogP contribution in [0.25, 0.3) is 0 Å². The van der Waals surface area contributed by atoms with E-state index in [2.05, 4.69) is 30.6 Å². The van der Waals surface area contributed by atoms with E-state index >= 15 is 0 Å². The third-order valence-corrected chi connectivity index (χ3v) is 3.91. The van der Waals surface area contributed by atoms with Gasteiger partial charge in [0.15, 0.2) is 0 Å². The average molecular weight is 210 g/mol. The van der Waals surface area contributed by atoms with Crippen LogP contribution in [0, 0.1) is 0 Å². The van der Waals surface area contributed by atoms with E-state index in [-0.39, 0.29) is 0 Å². The van der Waals surface area contributed by atoms with Crippen molar-refractivity contribution in [3.8, 4) is 0 Å². The van der Waals surface area contributed by atoms with Crippen LogP contribution < -0.4 is 0 Å². The molecule has 1 atom stereocenters. The molecule has 0 bridgehead atoms. The number of nitrogens with zero attached hydrogens (tertiary/aromatic N) is 2. The Kier molecular flexibility index (Phi) is 3.36. The minimum Gasteiger partial charge on any atom is -0.302 e. The van der Waals surface area contributed by atoms with Crippen molar-refractivity contribution >= 4 is 0 Å². The lowest BCUT2D eigenvalue weighted by molar-refractivity contribution is 0.0980. The summed E-state index contributed by atoms with van der Waals surface area (Å²) in [7, 11) is 0. The van der Waals surface area contributed by atoms with Crippen molar-refractivity contribution in [2.45, 2.75) is 58.0 Å². The Labute approximate surface area is 94.6 Å². The van der Waals surface area contributed by atoms with Gasteiger partial charge in [-0.25, -0.2) is 0 Å². The molecule has 0 amide bonds. The van der Waals surface area contributed by atoms with Crippen molar-refractivity contribution < 1.29 is 0 Å². The maximum absolute atomic E-state index is 2.71. The fourth-order valence-electron chi connectivity index (χ4n) is 3.17. The summed E-state index contributed by atoms with van der Waals surface area (Å²) in [6, 6.07) is 0.822. The maximum Gasteiger partial charge on any atom is 0.0228 e. The lowest BCUT2D eigenvalue weighted by Gasteiger charge is -2.38. The van der Waals surface area contributed by atoms with Crippen LogP contribution >= 0.6 is 0 Å². The molecule has 2 fully saturated rings. The van der Waals surface area contributed by atoms with Gasteiger partial charge in [0.25, 0.3) is 0 Å². The number of likely N-dealkylation sites (tertiary alicyclic amines) is 2. The van der Waals surface area contributed by atoms with E-state index in [9.17, 15) is 0 Å². The topological polar surface area (TPSA) is 6.48 Å². The van der Waals surface area contributed by atoms with Gasteiger partial charge in [-0.05, 0) is 66.1 Å². The summed E-state index contributed by atoms with van der Waals surface area (Å²) in [5.41, 5.74) is 0.362. The minimum atomic E-state index is 0.362. The highest BCUT2D eigenvalue weighted by Gasteiger charge is 2.33. The summed E-state index contributed by atoms with van der Waals surface area (Å²) < 4.78 is 0. The van der Waals surface area contributed by atoms with Gasteiger partial charge in [0.05, 0.1) is 0 Å². The molecule has 0 spiro atoms. The molecular formula is C13H26N2. The monoisotopic (exact) mass is 210 g/mol. The van der Waals surface area contributed by atoms with Gasteiger partial charge >= 0.3 is 0 Å². The molecule has 0 aromatic carbocycles. The second-order valence-electron chi connectivity index (χ2n) is 6.17. The molecule has 1 unspecified atom stereocenters. The second-order valence-corrected chi connectivity index (χ2v) is 6.17. The van der Waals surface area contributed by atoms with Crippen LogP contribution in [0.2, 0.25) is 0 Å². The lowest BCUT2D eigenvalue weighted by Crippen LogP contribution is -2.48. The minimum absolute atomic E-state index is 0.362. The van der Waals surface area contributed by atoms with E-state index in [1.54, 1.807) is 0 Å². The van der Waals surface area contributed by atoms with Gasteiger partial charge < -0.3 is 4.90 Å². The summed E-state index contributed by atoms with van der Waals surface area (Å²) in [4.78, 5) is 5.38. The van der Waals surface area contributed by atoms with Crippen molar-refractivity contribution in [1.82, 2.24) is 9.80 Å². The van der Waals surface area contributed by atoms with Gasteiger partial charge in [-0.2, -0.15) is 0 Å². The molecule has 2 rings (SSSR count). The van der Waals surface area contributed by atoms with Crippen molar-refractivity contribution in [2.75, 3.05) is 26.2 Å². The molecule has 0 aromatic rings. The molecule has 2 aliphatic rings. The quantitative estimate of drug-likeness (QED) is 0.690. The number of hydrogen-bond donors (Lipinski definition) is 0. The largest absolute Gasteiger partial charge is 0.302 e. The van der Waals surface area contributed by atoms with Gasteiger partial charge in [0.1, 0.15) is 0 Å². The molecule has 2 saturated heterocycles. The molecule has 0 N–H and O–H groups in total. The normalized spacial score (nSPS) is 30.2. The van der Waals surface area contributed by atoms with E-state index < -0.39 is 0 Å². The third-order valence-electron chi connectivity index (χ3n) is 3.91. The van der Waals surface area contributed by atoms with E-state index in [4.69, 9.17) is 0 Å². The summed E-state index contributed by atoms with van der Waals surface area (Å²) in [5.74, 6) is 0. The smallest absolute Gasteiger partial charge is 0.0228 e. The Bertz CT molecular complexity index is 201. The lowest BCUT2D eigenvalue weighted by atomic mass is 10.0. The molecule has 2 nitrogen and oxygen atoms in total. The molecule has 88 valence electrons. The molecule has 2 heterocycles. The zero-order valence-corrected chi connectivity index (χ0v) is 10.6. The first-order valence-corrected chi connectivity index (χ1v) is 6.56. The fourth-order valence-corrected chi connectivity index (χ4v) is 3.17. The van der Waals surface area contributed by atoms with Crippen LogP contribution in [-0.2, 0) is 0 Å². The van der Waals surface area contributed by atoms with E-state index in [1.807, 2.05) is 0 Å². The maximum atomic E-state index is 2.71. The zero-order valence-electron chi connectivity index (χ0n) is 10.6. The Balaban J connectivity index is 1.90. The van der Waals surface area contributed by atoms with Crippen molar-refractivity contribution in [2.24, 2.45) is 0 Å². The van der Waals surface area contributed by atoms with Gasteiger partial charge in [-0.3, -0.25) is 4.90 Å². The molecule has 0 saturated carbocycles. The standard InChI is InChI=1S/C13H26N2/c1-13(2,3)15-10-6-7-12(15)11-14-8-4-5-9-14/h12H,4-11H2,1-3H3. The molecule has 15 heavy (non-hydrogen) atoms. The number of rotatable bonds is 2. The van der Waals surface area contributed by atoms with E-state index in [0.29, 0.717) is 5.54 Å². The van der Waals surface area contributed by atoms with Crippen LogP contribution in [-0.4, -0.2) is 47.6 Å². The highest BCUT2D eigenvalue weighted by molar-refractivity contribution is 4.90. The van der Waals surface area contributed by atoms with E-state index in [1.165, 1.54) is 51.9 Å². The predicted octanol–water partition coefficient (Wildman–Crippen LogP) is 2.35. The predicted molar refractivity (Wildman–Crippen MR) is 65.2 cm³/mol. The molecule has 2 aliphatic heterocycles. The summed E-state index contributed by atoms with van der Waals surface area (Å²) >= 11 is 0. The van der Waals surface area contributed by atoms with Crippen LogP contribution in [0.3, 0.4) is 0 Å². The molecule has 0 radical (unpaired) electrons. The fraction of sp³-hybridized carbons (Fsp3) is 1.00. The first kappa shape index (κ1) is 11.4. The van der Waals surface area contributed by atoms with Gasteiger partial charge in [-0.15, -0.1) is 0 Å². The van der Waals surface area contributed by atoms with Crippen molar-refractivity contribution in [1.29, 1.82) is 0 Å². The summed E-state index contributed by atoms with van der Waals surface area (Å²) in [5, 5.41) is 0. The highest BCUT2D eigenvalue weighted by atomic mass is 15.3. The molecule has 2 heteroatoms. The average Bonchev–Trinajstić information content (AvgIpc) is 2.73.